The molecule has 1 saturated heterocycles. The Morgan fingerprint density at radius 2 is 2.09 bits per heavy atom. The maximum Gasteiger partial charge on any atom is 0.338 e. The van der Waals surface area contributed by atoms with Crippen molar-refractivity contribution in [2.24, 2.45) is 0 Å². The van der Waals surface area contributed by atoms with Gasteiger partial charge in [-0.1, -0.05) is 42.1 Å². The maximum absolute atomic E-state index is 12.4. The Hall–Kier alpha value is -2.84. The van der Waals surface area contributed by atoms with Gasteiger partial charge in [-0.15, -0.1) is 0 Å². The summed E-state index contributed by atoms with van der Waals surface area (Å²) >= 11 is 1.39. The van der Waals surface area contributed by atoms with Gasteiger partial charge in [0.15, 0.2) is 5.16 Å². The van der Waals surface area contributed by atoms with Crippen molar-refractivity contribution in [1.29, 1.82) is 0 Å². The number of benzene rings is 2. The molecule has 1 aromatic heterocycles. The van der Waals surface area contributed by atoms with E-state index in [1.54, 1.807) is 19.1 Å². The van der Waals surface area contributed by atoms with E-state index in [1.807, 2.05) is 24.3 Å². The van der Waals surface area contributed by atoms with Crippen LogP contribution >= 0.6 is 11.8 Å². The Labute approximate surface area is 191 Å². The van der Waals surface area contributed by atoms with Crippen molar-refractivity contribution >= 4 is 34.7 Å². The number of carbonyl (C=O) groups is 2. The van der Waals surface area contributed by atoms with Crippen molar-refractivity contribution in [1.82, 2.24) is 14.9 Å². The van der Waals surface area contributed by atoms with E-state index in [0.29, 0.717) is 30.8 Å². The summed E-state index contributed by atoms with van der Waals surface area (Å²) in [4.78, 5) is 29.3. The van der Waals surface area contributed by atoms with Crippen LogP contribution in [-0.4, -0.2) is 53.0 Å². The summed E-state index contributed by atoms with van der Waals surface area (Å²) in [5, 5.41) is 3.69. The highest BCUT2D eigenvalue weighted by Crippen LogP contribution is 2.26. The van der Waals surface area contributed by atoms with Crippen LogP contribution in [0.25, 0.3) is 11.0 Å². The SMILES string of the molecule is CCOC(=O)c1ccc2c(c1)nc(SCC(=O)NC[C@@H]1CCCO1)n2Cc1ccccc1. The van der Waals surface area contributed by atoms with Gasteiger partial charge in [0.05, 0.1) is 41.6 Å². The summed E-state index contributed by atoms with van der Waals surface area (Å²) in [5.41, 5.74) is 3.21. The van der Waals surface area contributed by atoms with E-state index in [-0.39, 0.29) is 23.7 Å². The van der Waals surface area contributed by atoms with Crippen LogP contribution in [0.3, 0.4) is 0 Å². The number of fused-ring (bicyclic) bond motifs is 1. The second-order valence-electron chi connectivity index (χ2n) is 7.62. The van der Waals surface area contributed by atoms with Crippen LogP contribution in [0.15, 0.2) is 53.7 Å². The molecule has 0 saturated carbocycles. The Bertz CT molecular complexity index is 1080. The number of carbonyl (C=O) groups excluding carboxylic acids is 2. The monoisotopic (exact) mass is 453 g/mol. The minimum atomic E-state index is -0.366. The zero-order valence-corrected chi connectivity index (χ0v) is 18.9. The van der Waals surface area contributed by atoms with E-state index in [0.717, 1.165) is 35.7 Å². The molecule has 1 fully saturated rings. The van der Waals surface area contributed by atoms with Crippen LogP contribution < -0.4 is 5.32 Å². The number of hydrogen-bond donors (Lipinski definition) is 1. The molecule has 2 aromatic carbocycles. The first-order valence-corrected chi connectivity index (χ1v) is 11.8. The number of esters is 1. The summed E-state index contributed by atoms with van der Waals surface area (Å²) in [6, 6.07) is 15.5. The molecule has 1 aliphatic heterocycles. The van der Waals surface area contributed by atoms with Gasteiger partial charge in [-0.2, -0.15) is 0 Å². The molecule has 7 nitrogen and oxygen atoms in total. The molecular formula is C24H27N3O4S. The summed E-state index contributed by atoms with van der Waals surface area (Å²) in [6.07, 6.45) is 2.16. The Kier molecular flexibility index (Phi) is 7.44. The van der Waals surface area contributed by atoms with Gasteiger partial charge in [0.25, 0.3) is 0 Å². The molecule has 3 aromatic rings. The van der Waals surface area contributed by atoms with Gasteiger partial charge in [0, 0.05) is 13.2 Å². The molecule has 8 heteroatoms. The Morgan fingerprint density at radius 3 is 2.84 bits per heavy atom. The first-order chi connectivity index (χ1) is 15.6. The second kappa shape index (κ2) is 10.7. The van der Waals surface area contributed by atoms with Crippen molar-refractivity contribution in [3.05, 3.63) is 59.7 Å². The summed E-state index contributed by atoms with van der Waals surface area (Å²) in [5.74, 6) is -0.152. The number of amides is 1. The molecule has 2 heterocycles. The van der Waals surface area contributed by atoms with Gasteiger partial charge in [0.2, 0.25) is 5.91 Å². The number of aromatic nitrogens is 2. The fraction of sp³-hybridized carbons (Fsp3) is 0.375. The van der Waals surface area contributed by atoms with E-state index >= 15 is 0 Å². The van der Waals surface area contributed by atoms with Gasteiger partial charge < -0.3 is 19.4 Å². The fourth-order valence-electron chi connectivity index (χ4n) is 3.69. The number of rotatable bonds is 9. The van der Waals surface area contributed by atoms with E-state index < -0.39 is 0 Å². The molecule has 1 N–H and O–H groups in total. The van der Waals surface area contributed by atoms with Gasteiger partial charge >= 0.3 is 5.97 Å². The molecule has 0 unspecified atom stereocenters. The van der Waals surface area contributed by atoms with E-state index in [9.17, 15) is 9.59 Å². The lowest BCUT2D eigenvalue weighted by atomic mass is 10.2. The predicted octanol–water partition coefficient (Wildman–Crippen LogP) is 3.65. The normalized spacial score (nSPS) is 15.7. The molecule has 0 aliphatic carbocycles. The number of nitrogens with zero attached hydrogens (tertiary/aromatic N) is 2. The quantitative estimate of drug-likeness (QED) is 0.393. The highest BCUT2D eigenvalue weighted by molar-refractivity contribution is 7.99. The van der Waals surface area contributed by atoms with Gasteiger partial charge in [0.1, 0.15) is 0 Å². The van der Waals surface area contributed by atoms with Crippen LogP contribution in [-0.2, 0) is 20.8 Å². The van der Waals surface area contributed by atoms with E-state index in [1.165, 1.54) is 11.8 Å². The number of ether oxygens (including phenoxy) is 2. The summed E-state index contributed by atoms with van der Waals surface area (Å²) in [7, 11) is 0. The molecule has 1 atom stereocenters. The Balaban J connectivity index is 1.53. The van der Waals surface area contributed by atoms with Crippen LogP contribution in [0, 0.1) is 0 Å². The maximum atomic E-state index is 12.4. The van der Waals surface area contributed by atoms with E-state index in [4.69, 9.17) is 14.5 Å². The van der Waals surface area contributed by atoms with Crippen molar-refractivity contribution in [2.75, 3.05) is 25.5 Å². The van der Waals surface area contributed by atoms with Crippen molar-refractivity contribution < 1.29 is 19.1 Å². The summed E-state index contributed by atoms with van der Waals surface area (Å²) < 4.78 is 12.8. The average Bonchev–Trinajstić information content (AvgIpc) is 3.45. The molecule has 168 valence electrons. The topological polar surface area (TPSA) is 82.4 Å². The molecule has 0 radical (unpaired) electrons. The molecule has 4 rings (SSSR count). The van der Waals surface area contributed by atoms with Crippen LogP contribution in [0.1, 0.15) is 35.7 Å². The third kappa shape index (κ3) is 5.49. The van der Waals surface area contributed by atoms with Crippen molar-refractivity contribution in [2.45, 2.75) is 37.6 Å². The largest absolute Gasteiger partial charge is 0.462 e. The average molecular weight is 454 g/mol. The van der Waals surface area contributed by atoms with Crippen molar-refractivity contribution in [3.63, 3.8) is 0 Å². The second-order valence-corrected chi connectivity index (χ2v) is 8.56. The lowest BCUT2D eigenvalue weighted by Gasteiger charge is -2.11. The van der Waals surface area contributed by atoms with Crippen LogP contribution in [0.4, 0.5) is 0 Å². The van der Waals surface area contributed by atoms with Gasteiger partial charge in [-0.05, 0) is 43.5 Å². The standard InChI is InChI=1S/C24H27N3O4S/c1-2-30-23(29)18-10-11-21-20(13-18)26-24(27(21)15-17-7-4-3-5-8-17)32-16-22(28)25-14-19-9-6-12-31-19/h3-5,7-8,10-11,13,19H,2,6,9,12,14-16H2,1H3,(H,25,28)/t19-/m0/s1. The Morgan fingerprint density at radius 1 is 1.25 bits per heavy atom. The van der Waals surface area contributed by atoms with Crippen LogP contribution in [0.5, 0.6) is 0 Å². The first-order valence-electron chi connectivity index (χ1n) is 10.9. The fourth-order valence-corrected chi connectivity index (χ4v) is 4.54. The van der Waals surface area contributed by atoms with Gasteiger partial charge in [-0.25, -0.2) is 9.78 Å². The third-order valence-corrected chi connectivity index (χ3v) is 6.27. The minimum Gasteiger partial charge on any atom is -0.462 e. The van der Waals surface area contributed by atoms with Gasteiger partial charge in [-0.3, -0.25) is 4.79 Å². The zero-order chi connectivity index (χ0) is 22.3. The van der Waals surface area contributed by atoms with Crippen molar-refractivity contribution in [3.8, 4) is 0 Å². The highest BCUT2D eigenvalue weighted by Gasteiger charge is 2.18. The zero-order valence-electron chi connectivity index (χ0n) is 18.1. The highest BCUT2D eigenvalue weighted by atomic mass is 32.2. The molecule has 0 bridgehead atoms. The molecule has 1 aliphatic rings. The number of hydrogen-bond acceptors (Lipinski definition) is 6. The number of thioether (sulfide) groups is 1. The minimum absolute atomic E-state index is 0.0453. The molecule has 1 amide bonds. The molecule has 32 heavy (non-hydrogen) atoms. The lowest BCUT2D eigenvalue weighted by molar-refractivity contribution is -0.119. The van der Waals surface area contributed by atoms with E-state index in [2.05, 4.69) is 22.0 Å². The predicted molar refractivity (Wildman–Crippen MR) is 124 cm³/mol. The molecular weight excluding hydrogens is 426 g/mol. The lowest BCUT2D eigenvalue weighted by Crippen LogP contribution is -2.32. The van der Waals surface area contributed by atoms with Crippen LogP contribution in [0.2, 0.25) is 0 Å². The smallest absolute Gasteiger partial charge is 0.338 e. The first kappa shape index (κ1) is 22.4. The summed E-state index contributed by atoms with van der Waals surface area (Å²) in [6.45, 7) is 4.04. The number of imidazole rings is 1. The molecule has 0 spiro atoms. The third-order valence-electron chi connectivity index (χ3n) is 5.29. The number of nitrogens with one attached hydrogen (secondary N) is 1.